The maximum atomic E-state index is 13.3. The molecule has 1 atom stereocenters. The average molecular weight is 428 g/mol. The Kier molecular flexibility index (Phi) is 5.57. The zero-order chi connectivity index (χ0) is 23.0. The third kappa shape index (κ3) is 3.66. The average Bonchev–Trinajstić information content (AvgIpc) is 3.04. The highest BCUT2D eigenvalue weighted by Gasteiger charge is 2.47. The van der Waals surface area contributed by atoms with Crippen molar-refractivity contribution >= 4 is 23.1 Å². The number of hydrogen-bond acceptors (Lipinski definition) is 4. The monoisotopic (exact) mass is 427 g/mol. The highest BCUT2D eigenvalue weighted by Crippen LogP contribution is 2.43. The van der Waals surface area contributed by atoms with Gasteiger partial charge in [-0.25, -0.2) is 0 Å². The minimum Gasteiger partial charge on any atom is -0.507 e. The van der Waals surface area contributed by atoms with Crippen LogP contribution < -0.4 is 9.64 Å². The molecule has 0 bridgehead atoms. The third-order valence-electron chi connectivity index (χ3n) is 5.65. The van der Waals surface area contributed by atoms with Crippen LogP contribution in [0.5, 0.6) is 5.75 Å². The Bertz CT molecular complexity index is 1220. The van der Waals surface area contributed by atoms with Crippen LogP contribution in [0.25, 0.3) is 5.76 Å². The smallest absolute Gasteiger partial charge is 0.300 e. The molecule has 1 fully saturated rings. The molecule has 0 aromatic heterocycles. The molecule has 0 saturated carbocycles. The van der Waals surface area contributed by atoms with E-state index in [2.05, 4.69) is 0 Å². The van der Waals surface area contributed by atoms with Gasteiger partial charge >= 0.3 is 0 Å². The van der Waals surface area contributed by atoms with Gasteiger partial charge in [0.05, 0.1) is 24.3 Å². The number of carbonyl (C=O) groups is 2. The van der Waals surface area contributed by atoms with Gasteiger partial charge in [0.1, 0.15) is 11.5 Å². The summed E-state index contributed by atoms with van der Waals surface area (Å²) in [5, 5.41) is 11.4. The number of Topliss-reactive ketones (excluding diaryl/α,β-unsaturated/α-hetero) is 1. The van der Waals surface area contributed by atoms with Gasteiger partial charge in [-0.1, -0.05) is 48.0 Å². The van der Waals surface area contributed by atoms with Gasteiger partial charge in [0.25, 0.3) is 11.7 Å². The lowest BCUT2D eigenvalue weighted by Crippen LogP contribution is -2.29. The van der Waals surface area contributed by atoms with E-state index in [1.807, 2.05) is 75.4 Å². The van der Waals surface area contributed by atoms with Crippen LogP contribution in [-0.4, -0.2) is 23.9 Å². The molecule has 1 amide bonds. The van der Waals surface area contributed by atoms with E-state index in [9.17, 15) is 14.7 Å². The zero-order valence-corrected chi connectivity index (χ0v) is 18.5. The first-order valence-corrected chi connectivity index (χ1v) is 10.4. The molecule has 1 N–H and O–H groups in total. The molecule has 3 aromatic rings. The molecule has 0 radical (unpaired) electrons. The van der Waals surface area contributed by atoms with Gasteiger partial charge in [-0.05, 0) is 61.7 Å². The molecule has 162 valence electrons. The maximum Gasteiger partial charge on any atom is 0.300 e. The van der Waals surface area contributed by atoms with Crippen LogP contribution in [0, 0.1) is 20.8 Å². The standard InChI is InChI=1S/C27H25NO4/c1-16-10-11-22(32-4)21(15-16)25(29)23-24(19-8-6-5-7-9-19)28(27(31)26(23)30)20-13-17(2)12-18(3)14-20/h5-15,24,29H,1-4H3/b25-23+. The summed E-state index contributed by atoms with van der Waals surface area (Å²) in [7, 11) is 1.50. The maximum absolute atomic E-state index is 13.3. The summed E-state index contributed by atoms with van der Waals surface area (Å²) in [4.78, 5) is 28.0. The molecule has 1 aliphatic heterocycles. The molecule has 1 unspecified atom stereocenters. The summed E-state index contributed by atoms with van der Waals surface area (Å²) in [6, 6.07) is 19.6. The predicted molar refractivity (Wildman–Crippen MR) is 125 cm³/mol. The van der Waals surface area contributed by atoms with Crippen molar-refractivity contribution in [1.29, 1.82) is 0 Å². The first-order chi connectivity index (χ1) is 15.3. The summed E-state index contributed by atoms with van der Waals surface area (Å²) < 4.78 is 5.42. The Morgan fingerprint density at radius 3 is 2.16 bits per heavy atom. The van der Waals surface area contributed by atoms with Crippen LogP contribution in [0.15, 0.2) is 72.3 Å². The highest BCUT2D eigenvalue weighted by atomic mass is 16.5. The van der Waals surface area contributed by atoms with E-state index >= 15 is 0 Å². The Morgan fingerprint density at radius 1 is 0.875 bits per heavy atom. The van der Waals surface area contributed by atoms with E-state index in [-0.39, 0.29) is 11.3 Å². The van der Waals surface area contributed by atoms with Crippen molar-refractivity contribution in [2.24, 2.45) is 0 Å². The number of benzene rings is 3. The predicted octanol–water partition coefficient (Wildman–Crippen LogP) is 5.25. The normalized spacial score (nSPS) is 17.6. The molecule has 1 heterocycles. The topological polar surface area (TPSA) is 66.8 Å². The lowest BCUT2D eigenvalue weighted by Gasteiger charge is -2.26. The van der Waals surface area contributed by atoms with E-state index in [0.29, 0.717) is 17.0 Å². The molecule has 1 saturated heterocycles. The number of rotatable bonds is 4. The minimum absolute atomic E-state index is 0.0456. The number of carbonyl (C=O) groups excluding carboxylic acids is 2. The number of nitrogens with zero attached hydrogens (tertiary/aromatic N) is 1. The number of methoxy groups -OCH3 is 1. The first kappa shape index (κ1) is 21.4. The molecule has 0 spiro atoms. The van der Waals surface area contributed by atoms with Crippen molar-refractivity contribution in [3.63, 3.8) is 0 Å². The van der Waals surface area contributed by atoms with Gasteiger partial charge in [0, 0.05) is 5.69 Å². The van der Waals surface area contributed by atoms with E-state index in [1.165, 1.54) is 12.0 Å². The second-order valence-corrected chi connectivity index (χ2v) is 8.13. The Hall–Kier alpha value is -3.86. The van der Waals surface area contributed by atoms with E-state index in [4.69, 9.17) is 4.74 Å². The van der Waals surface area contributed by atoms with Crippen LogP contribution in [0.1, 0.15) is 33.9 Å². The van der Waals surface area contributed by atoms with Gasteiger partial charge in [0.2, 0.25) is 0 Å². The number of anilines is 1. The fourth-order valence-electron chi connectivity index (χ4n) is 4.29. The Morgan fingerprint density at radius 2 is 1.53 bits per heavy atom. The van der Waals surface area contributed by atoms with Crippen LogP contribution in [0.3, 0.4) is 0 Å². The summed E-state index contributed by atoms with van der Waals surface area (Å²) >= 11 is 0. The fraction of sp³-hybridized carbons (Fsp3) is 0.185. The summed E-state index contributed by atoms with van der Waals surface area (Å²) in [6.45, 7) is 5.78. The van der Waals surface area contributed by atoms with E-state index in [1.54, 1.807) is 12.1 Å². The highest BCUT2D eigenvalue weighted by molar-refractivity contribution is 6.51. The lowest BCUT2D eigenvalue weighted by molar-refractivity contribution is -0.132. The minimum atomic E-state index is -0.761. The van der Waals surface area contributed by atoms with Crippen LogP contribution in [-0.2, 0) is 9.59 Å². The fourth-order valence-corrected chi connectivity index (χ4v) is 4.29. The third-order valence-corrected chi connectivity index (χ3v) is 5.65. The van der Waals surface area contributed by atoms with Crippen molar-refractivity contribution in [1.82, 2.24) is 0 Å². The molecular weight excluding hydrogens is 402 g/mol. The largest absolute Gasteiger partial charge is 0.507 e. The number of amides is 1. The SMILES string of the molecule is COc1ccc(C)cc1/C(O)=C1\C(=O)C(=O)N(c2cc(C)cc(C)c2)C1c1ccccc1. The van der Waals surface area contributed by atoms with Crippen LogP contribution >= 0.6 is 0 Å². The molecule has 3 aromatic carbocycles. The molecule has 1 aliphatic rings. The number of aliphatic hydroxyl groups is 1. The summed E-state index contributed by atoms with van der Waals surface area (Å²) in [5.41, 5.74) is 4.64. The van der Waals surface area contributed by atoms with Crippen molar-refractivity contribution in [2.75, 3.05) is 12.0 Å². The number of aliphatic hydroxyl groups excluding tert-OH is 1. The zero-order valence-electron chi connectivity index (χ0n) is 18.5. The molecule has 5 nitrogen and oxygen atoms in total. The van der Waals surface area contributed by atoms with Gasteiger partial charge in [-0.2, -0.15) is 0 Å². The van der Waals surface area contributed by atoms with E-state index in [0.717, 1.165) is 22.3 Å². The van der Waals surface area contributed by atoms with Crippen molar-refractivity contribution in [3.8, 4) is 5.75 Å². The Labute approximate surface area is 187 Å². The number of hydrogen-bond donors (Lipinski definition) is 1. The molecule has 5 heteroatoms. The van der Waals surface area contributed by atoms with E-state index < -0.39 is 17.7 Å². The first-order valence-electron chi connectivity index (χ1n) is 10.4. The number of ketones is 1. The van der Waals surface area contributed by atoms with Gasteiger partial charge in [-0.15, -0.1) is 0 Å². The lowest BCUT2D eigenvalue weighted by atomic mass is 9.94. The van der Waals surface area contributed by atoms with Crippen LogP contribution in [0.4, 0.5) is 5.69 Å². The number of aryl methyl sites for hydroxylation is 3. The molecule has 4 rings (SSSR count). The van der Waals surface area contributed by atoms with Crippen molar-refractivity contribution < 1.29 is 19.4 Å². The Balaban J connectivity index is 2.00. The molecule has 0 aliphatic carbocycles. The summed E-state index contributed by atoms with van der Waals surface area (Å²) in [6.07, 6.45) is 0. The second-order valence-electron chi connectivity index (χ2n) is 8.13. The van der Waals surface area contributed by atoms with Crippen molar-refractivity contribution in [2.45, 2.75) is 26.8 Å². The molecular formula is C27H25NO4. The quantitative estimate of drug-likeness (QED) is 0.351. The second kappa shape index (κ2) is 8.35. The van der Waals surface area contributed by atoms with Gasteiger partial charge in [0.15, 0.2) is 0 Å². The van der Waals surface area contributed by atoms with Crippen LogP contribution in [0.2, 0.25) is 0 Å². The van der Waals surface area contributed by atoms with Crippen molar-refractivity contribution in [3.05, 3.63) is 100 Å². The summed E-state index contributed by atoms with van der Waals surface area (Å²) in [5.74, 6) is -1.21. The van der Waals surface area contributed by atoms with Gasteiger partial charge in [-0.3, -0.25) is 14.5 Å². The molecule has 32 heavy (non-hydrogen) atoms. The van der Waals surface area contributed by atoms with Gasteiger partial charge < -0.3 is 9.84 Å². The number of ether oxygens (including phenoxy) is 1.